The topological polar surface area (TPSA) is 88.6 Å². The van der Waals surface area contributed by atoms with E-state index in [0.29, 0.717) is 26.1 Å². The highest BCUT2D eigenvalue weighted by atomic mass is 16.5. The van der Waals surface area contributed by atoms with Gasteiger partial charge in [0.05, 0.1) is 13.7 Å². The number of carbonyl (C=O) groups is 1. The lowest BCUT2D eigenvalue weighted by atomic mass is 10.2. The van der Waals surface area contributed by atoms with Crippen molar-refractivity contribution in [3.63, 3.8) is 0 Å². The van der Waals surface area contributed by atoms with Gasteiger partial charge < -0.3 is 9.47 Å². The smallest absolute Gasteiger partial charge is 0.326 e. The van der Waals surface area contributed by atoms with Crippen LogP contribution in [0.5, 0.6) is 0 Å². The van der Waals surface area contributed by atoms with E-state index >= 15 is 0 Å². The Morgan fingerprint density at radius 3 is 2.19 bits per heavy atom. The molecule has 2 rings (SSSR count). The minimum absolute atomic E-state index is 0.111. The molecule has 3 N–H and O–H groups in total. The predicted molar refractivity (Wildman–Crippen MR) is 107 cm³/mol. The molecule has 2 aromatic carbocycles. The van der Waals surface area contributed by atoms with Crippen LogP contribution >= 0.6 is 0 Å². The molecule has 0 radical (unpaired) electrons. The number of nitrogens with one attached hydrogen (secondary N) is 1. The molecular weight excluding hydrogens is 342 g/mol. The van der Waals surface area contributed by atoms with Gasteiger partial charge in [-0.3, -0.25) is 15.2 Å². The van der Waals surface area contributed by atoms with Crippen molar-refractivity contribution >= 4 is 11.8 Å². The van der Waals surface area contributed by atoms with Gasteiger partial charge in [0.1, 0.15) is 12.4 Å². The summed E-state index contributed by atoms with van der Waals surface area (Å²) in [5.41, 5.74) is 2.44. The highest BCUT2D eigenvalue weighted by molar-refractivity contribution is 5.83. The highest BCUT2D eigenvalue weighted by Crippen LogP contribution is 2.02. The Balaban J connectivity index is 0.000000433. The van der Waals surface area contributed by atoms with Gasteiger partial charge in [0.25, 0.3) is 0 Å². The summed E-state index contributed by atoms with van der Waals surface area (Å²) >= 11 is 0. The van der Waals surface area contributed by atoms with Crippen LogP contribution in [0.3, 0.4) is 0 Å². The van der Waals surface area contributed by atoms with Gasteiger partial charge in [-0.25, -0.2) is 5.84 Å². The maximum absolute atomic E-state index is 11.0. The molecule has 0 unspecified atom stereocenters. The number of methoxy groups -OCH3 is 1. The molecule has 6 nitrogen and oxygen atoms in total. The van der Waals surface area contributed by atoms with Crippen molar-refractivity contribution < 1.29 is 14.3 Å². The second-order valence-corrected chi connectivity index (χ2v) is 5.95. The number of rotatable bonds is 8. The van der Waals surface area contributed by atoms with Gasteiger partial charge in [-0.15, -0.1) is 0 Å². The van der Waals surface area contributed by atoms with E-state index in [4.69, 9.17) is 16.0 Å². The molecule has 0 bridgehead atoms. The van der Waals surface area contributed by atoms with E-state index in [9.17, 15) is 4.79 Å². The van der Waals surface area contributed by atoms with E-state index in [-0.39, 0.29) is 12.4 Å². The Hall–Kier alpha value is -2.70. The normalized spacial score (nSPS) is 9.74. The number of esters is 1. The fraction of sp³-hybridized carbons (Fsp3) is 0.333. The third-order valence-corrected chi connectivity index (χ3v) is 3.63. The summed E-state index contributed by atoms with van der Waals surface area (Å²) in [7, 11) is 1.29. The minimum atomic E-state index is -0.461. The van der Waals surface area contributed by atoms with Crippen LogP contribution in [0.1, 0.15) is 24.0 Å². The summed E-state index contributed by atoms with van der Waals surface area (Å²) in [5.74, 6) is 5.30. The van der Waals surface area contributed by atoms with E-state index in [0.717, 1.165) is 10.6 Å². The molecule has 146 valence electrons. The second-order valence-electron chi connectivity index (χ2n) is 5.95. The number of ether oxygens (including phenoxy) is 2. The third-order valence-electron chi connectivity index (χ3n) is 3.63. The van der Waals surface area contributed by atoms with Crippen LogP contribution < -0.4 is 5.84 Å². The molecule has 0 aromatic heterocycles. The van der Waals surface area contributed by atoms with E-state index < -0.39 is 5.97 Å². The molecule has 0 saturated carbocycles. The van der Waals surface area contributed by atoms with Crippen molar-refractivity contribution in [1.29, 1.82) is 5.41 Å². The lowest BCUT2D eigenvalue weighted by Gasteiger charge is -2.17. The van der Waals surface area contributed by atoms with Crippen molar-refractivity contribution in [2.24, 2.45) is 5.84 Å². The molecule has 0 aliphatic heterocycles. The number of benzene rings is 2. The standard InChI is InChI=1S/C14H21N3O3.C7H8/c1-19-14(18)10-17(16)13(15)8-5-9-20-11-12-6-3-2-4-7-12;1-7-5-3-2-4-6-7/h2-4,6-7,15H,5,8-11,16H2,1H3;2-6H,1H3. The molecule has 0 amide bonds. The minimum Gasteiger partial charge on any atom is -0.468 e. The van der Waals surface area contributed by atoms with Gasteiger partial charge in [-0.2, -0.15) is 0 Å². The number of amidine groups is 1. The van der Waals surface area contributed by atoms with E-state index in [1.807, 2.05) is 48.5 Å². The Bertz CT molecular complexity index is 663. The van der Waals surface area contributed by atoms with Gasteiger partial charge >= 0.3 is 5.97 Å². The number of hydrogen-bond acceptors (Lipinski definition) is 5. The van der Waals surface area contributed by atoms with Crippen molar-refractivity contribution in [3.8, 4) is 0 Å². The highest BCUT2D eigenvalue weighted by Gasteiger charge is 2.10. The third kappa shape index (κ3) is 10.8. The number of carbonyl (C=O) groups excluding carboxylic acids is 1. The van der Waals surface area contributed by atoms with E-state index in [1.54, 1.807) is 0 Å². The van der Waals surface area contributed by atoms with E-state index in [2.05, 4.69) is 23.8 Å². The Labute approximate surface area is 161 Å². The maximum Gasteiger partial charge on any atom is 0.326 e. The first kappa shape index (κ1) is 22.3. The molecule has 2 aromatic rings. The number of nitrogens with two attached hydrogens (primary N) is 1. The van der Waals surface area contributed by atoms with Crippen LogP contribution in [-0.2, 0) is 20.9 Å². The number of aryl methyl sites for hydroxylation is 1. The second kappa shape index (κ2) is 13.5. The quantitative estimate of drug-likeness (QED) is 0.186. The zero-order chi connectivity index (χ0) is 19.9. The zero-order valence-electron chi connectivity index (χ0n) is 16.1. The first-order chi connectivity index (χ1) is 13.0. The number of hydrazine groups is 1. The first-order valence-corrected chi connectivity index (χ1v) is 8.82. The van der Waals surface area contributed by atoms with Crippen LogP contribution in [0.15, 0.2) is 60.7 Å². The Morgan fingerprint density at radius 2 is 1.67 bits per heavy atom. The average Bonchev–Trinajstić information content (AvgIpc) is 2.69. The van der Waals surface area contributed by atoms with Gasteiger partial charge in [0.2, 0.25) is 0 Å². The zero-order valence-corrected chi connectivity index (χ0v) is 16.1. The molecule has 27 heavy (non-hydrogen) atoms. The van der Waals surface area contributed by atoms with E-state index in [1.165, 1.54) is 12.7 Å². The van der Waals surface area contributed by atoms with Crippen LogP contribution in [0, 0.1) is 12.3 Å². The summed E-state index contributed by atoms with van der Waals surface area (Å²) < 4.78 is 9.99. The molecule has 0 fully saturated rings. The summed E-state index contributed by atoms with van der Waals surface area (Å²) in [5, 5.41) is 8.79. The molecule has 0 spiro atoms. The molecule has 0 saturated heterocycles. The first-order valence-electron chi connectivity index (χ1n) is 8.82. The fourth-order valence-electron chi connectivity index (χ4n) is 2.08. The molecule has 6 heteroatoms. The molecule has 0 atom stereocenters. The molecular formula is C21H29N3O3. The maximum atomic E-state index is 11.0. The molecule has 0 heterocycles. The summed E-state index contributed by atoms with van der Waals surface area (Å²) in [6.07, 6.45) is 1.14. The van der Waals surface area contributed by atoms with Gasteiger partial charge in [-0.05, 0) is 18.9 Å². The van der Waals surface area contributed by atoms with Gasteiger partial charge in [0, 0.05) is 13.0 Å². The monoisotopic (exact) mass is 371 g/mol. The summed E-state index contributed by atoms with van der Waals surface area (Å²) in [6.45, 7) is 3.08. The van der Waals surface area contributed by atoms with Crippen LogP contribution in [0.25, 0.3) is 0 Å². The summed E-state index contributed by atoms with van der Waals surface area (Å²) in [6, 6.07) is 20.2. The van der Waals surface area contributed by atoms with Crippen LogP contribution in [0.2, 0.25) is 0 Å². The van der Waals surface area contributed by atoms with Crippen molar-refractivity contribution in [3.05, 3.63) is 71.8 Å². The largest absolute Gasteiger partial charge is 0.468 e. The lowest BCUT2D eigenvalue weighted by Crippen LogP contribution is -2.41. The van der Waals surface area contributed by atoms with Crippen LogP contribution in [-0.4, -0.2) is 37.1 Å². The average molecular weight is 371 g/mol. The Kier molecular flexibility index (Phi) is 11.2. The van der Waals surface area contributed by atoms with Gasteiger partial charge in [-0.1, -0.05) is 66.2 Å². The number of hydrogen-bond donors (Lipinski definition) is 2. The fourth-order valence-corrected chi connectivity index (χ4v) is 2.08. The molecule has 0 aliphatic rings. The summed E-state index contributed by atoms with van der Waals surface area (Å²) in [4.78, 5) is 11.0. The number of nitrogens with zero attached hydrogens (tertiary/aromatic N) is 1. The van der Waals surface area contributed by atoms with Crippen molar-refractivity contribution in [1.82, 2.24) is 5.01 Å². The SMILES string of the molecule is COC(=O)CN(N)C(=N)CCCOCc1ccccc1.Cc1ccccc1. The Morgan fingerprint density at radius 1 is 1.07 bits per heavy atom. The van der Waals surface area contributed by atoms with Crippen LogP contribution in [0.4, 0.5) is 0 Å². The van der Waals surface area contributed by atoms with Gasteiger partial charge in [0.15, 0.2) is 0 Å². The van der Waals surface area contributed by atoms with Crippen molar-refractivity contribution in [2.45, 2.75) is 26.4 Å². The van der Waals surface area contributed by atoms with Crippen molar-refractivity contribution in [2.75, 3.05) is 20.3 Å². The predicted octanol–water partition coefficient (Wildman–Crippen LogP) is 3.30. The lowest BCUT2D eigenvalue weighted by molar-refractivity contribution is -0.141. The molecule has 0 aliphatic carbocycles.